The van der Waals surface area contributed by atoms with Crippen LogP contribution in [0.25, 0.3) is 5.70 Å². The van der Waals surface area contributed by atoms with Gasteiger partial charge in [0.05, 0.1) is 17.8 Å². The van der Waals surface area contributed by atoms with E-state index in [1.807, 2.05) is 0 Å². The van der Waals surface area contributed by atoms with Gasteiger partial charge < -0.3 is 10.4 Å². The number of phenolic OH excluding ortho intramolecular Hbond substituents is 1. The Morgan fingerprint density at radius 2 is 1.77 bits per heavy atom. The first-order chi connectivity index (χ1) is 12.4. The van der Waals surface area contributed by atoms with E-state index < -0.39 is 0 Å². The van der Waals surface area contributed by atoms with Gasteiger partial charge in [0.15, 0.2) is 0 Å². The summed E-state index contributed by atoms with van der Waals surface area (Å²) in [5, 5.41) is 12.0. The molecule has 2 aromatic rings. The molecule has 0 bridgehead atoms. The first-order valence-corrected chi connectivity index (χ1v) is 7.94. The fourth-order valence-corrected chi connectivity index (χ4v) is 2.25. The van der Waals surface area contributed by atoms with Crippen molar-refractivity contribution in [2.24, 2.45) is 9.98 Å². The molecule has 5 nitrogen and oxygen atoms in total. The van der Waals surface area contributed by atoms with Gasteiger partial charge in [-0.15, -0.1) is 0 Å². The molecule has 0 aromatic heterocycles. The van der Waals surface area contributed by atoms with Crippen LogP contribution in [0.15, 0.2) is 65.1 Å². The number of amidine groups is 1. The maximum absolute atomic E-state index is 13.0. The van der Waals surface area contributed by atoms with Crippen LogP contribution in [0, 0.1) is 5.82 Å². The van der Waals surface area contributed by atoms with E-state index in [0.717, 1.165) is 5.56 Å². The Morgan fingerprint density at radius 1 is 1.15 bits per heavy atom. The summed E-state index contributed by atoms with van der Waals surface area (Å²) in [6.07, 6.45) is 0.144. The zero-order valence-electron chi connectivity index (χ0n) is 14.7. The molecule has 26 heavy (non-hydrogen) atoms. The maximum Gasteiger partial charge on any atom is 0.229 e. The standard InChI is InChI=1S/C20H20FN3O2/c1-13(16-6-8-17(21)9-7-16)23-14(2)20(22-3)24-19(26)12-15-4-10-18(25)11-5-15/h4-11,25H,1,12H2,2-3H3,(H,22,24,26)/b23-14-. The molecule has 0 aliphatic rings. The quantitative estimate of drug-likeness (QED) is 0.639. The molecule has 0 saturated carbocycles. The van der Waals surface area contributed by atoms with Crippen LogP contribution in [0.2, 0.25) is 0 Å². The number of carbonyl (C=O) groups excluding carboxylic acids is 1. The first-order valence-electron chi connectivity index (χ1n) is 7.94. The van der Waals surface area contributed by atoms with Crippen LogP contribution in [0.3, 0.4) is 0 Å². The lowest BCUT2D eigenvalue weighted by molar-refractivity contribution is -0.119. The number of aromatic hydroxyl groups is 1. The second-order valence-corrected chi connectivity index (χ2v) is 5.61. The minimum Gasteiger partial charge on any atom is -0.508 e. The monoisotopic (exact) mass is 353 g/mol. The third kappa shape index (κ3) is 5.37. The predicted octanol–water partition coefficient (Wildman–Crippen LogP) is 3.35. The van der Waals surface area contributed by atoms with Gasteiger partial charge in [0.25, 0.3) is 0 Å². The van der Waals surface area contributed by atoms with Crippen LogP contribution in [-0.4, -0.2) is 29.6 Å². The van der Waals surface area contributed by atoms with Crippen molar-refractivity contribution in [3.05, 3.63) is 72.1 Å². The summed E-state index contributed by atoms with van der Waals surface area (Å²) in [6.45, 7) is 5.57. The number of nitrogens with one attached hydrogen (secondary N) is 1. The molecule has 2 rings (SSSR count). The van der Waals surface area contributed by atoms with Crippen LogP contribution >= 0.6 is 0 Å². The molecular weight excluding hydrogens is 333 g/mol. The molecule has 1 amide bonds. The van der Waals surface area contributed by atoms with E-state index >= 15 is 0 Å². The van der Waals surface area contributed by atoms with Crippen LogP contribution in [-0.2, 0) is 11.2 Å². The predicted molar refractivity (Wildman–Crippen MR) is 102 cm³/mol. The minimum atomic E-state index is -0.334. The molecule has 0 aliphatic heterocycles. The molecular formula is C20H20FN3O2. The zero-order valence-corrected chi connectivity index (χ0v) is 14.7. The van der Waals surface area contributed by atoms with Crippen LogP contribution in [0.1, 0.15) is 18.1 Å². The van der Waals surface area contributed by atoms with Gasteiger partial charge in [-0.05, 0) is 54.4 Å². The molecule has 2 aromatic carbocycles. The van der Waals surface area contributed by atoms with Crippen molar-refractivity contribution in [2.75, 3.05) is 7.05 Å². The molecule has 0 radical (unpaired) electrons. The van der Waals surface area contributed by atoms with Crippen molar-refractivity contribution in [2.45, 2.75) is 13.3 Å². The van der Waals surface area contributed by atoms with E-state index in [1.54, 1.807) is 38.2 Å². The normalized spacial score (nSPS) is 12.0. The molecule has 0 atom stereocenters. The van der Waals surface area contributed by atoms with Crippen molar-refractivity contribution in [3.63, 3.8) is 0 Å². The minimum absolute atomic E-state index is 0.144. The van der Waals surface area contributed by atoms with Gasteiger partial charge >= 0.3 is 0 Å². The third-order valence-corrected chi connectivity index (χ3v) is 3.61. The SMILES string of the molecule is C=C(/N=C(C)\C(=N/C)NC(=O)Cc1ccc(O)cc1)c1ccc(F)cc1. The van der Waals surface area contributed by atoms with E-state index in [2.05, 4.69) is 21.9 Å². The summed E-state index contributed by atoms with van der Waals surface area (Å²) >= 11 is 0. The second kappa shape index (κ2) is 8.71. The van der Waals surface area contributed by atoms with Gasteiger partial charge in [-0.25, -0.2) is 9.38 Å². The molecule has 0 heterocycles. The van der Waals surface area contributed by atoms with Crippen molar-refractivity contribution >= 4 is 23.2 Å². The average Bonchev–Trinajstić information content (AvgIpc) is 2.62. The summed E-state index contributed by atoms with van der Waals surface area (Å²) in [5.41, 5.74) is 2.37. The van der Waals surface area contributed by atoms with Gasteiger partial charge in [-0.1, -0.05) is 18.7 Å². The Labute approximate surface area is 151 Å². The lowest BCUT2D eigenvalue weighted by Crippen LogP contribution is -2.36. The summed E-state index contributed by atoms with van der Waals surface area (Å²) in [6, 6.07) is 12.2. The number of phenols is 1. The van der Waals surface area contributed by atoms with E-state index in [1.165, 1.54) is 24.3 Å². The fraction of sp³-hybridized carbons (Fsp3) is 0.150. The zero-order chi connectivity index (χ0) is 19.1. The summed E-state index contributed by atoms with van der Waals surface area (Å²) in [4.78, 5) is 20.6. The number of carbonyl (C=O) groups is 1. The number of benzene rings is 2. The van der Waals surface area contributed by atoms with Crippen molar-refractivity contribution in [1.29, 1.82) is 0 Å². The highest BCUT2D eigenvalue weighted by Gasteiger charge is 2.10. The van der Waals surface area contributed by atoms with E-state index in [0.29, 0.717) is 22.8 Å². The first kappa shape index (κ1) is 19.1. The molecule has 2 N–H and O–H groups in total. The summed E-state index contributed by atoms with van der Waals surface area (Å²) < 4.78 is 13.0. The average molecular weight is 353 g/mol. The molecule has 0 spiro atoms. The van der Waals surface area contributed by atoms with Crippen LogP contribution < -0.4 is 5.32 Å². The van der Waals surface area contributed by atoms with E-state index in [4.69, 9.17) is 0 Å². The molecule has 0 fully saturated rings. The number of nitrogens with zero attached hydrogens (tertiary/aromatic N) is 2. The Balaban J connectivity index is 2.04. The second-order valence-electron chi connectivity index (χ2n) is 5.61. The molecule has 6 heteroatoms. The number of rotatable bonds is 5. The van der Waals surface area contributed by atoms with Gasteiger partial charge in [0.2, 0.25) is 5.91 Å². The number of hydrogen-bond donors (Lipinski definition) is 2. The number of hydrogen-bond acceptors (Lipinski definition) is 4. The molecule has 0 saturated heterocycles. The van der Waals surface area contributed by atoms with Crippen LogP contribution in [0.4, 0.5) is 4.39 Å². The Bertz CT molecular complexity index is 854. The van der Waals surface area contributed by atoms with Crippen molar-refractivity contribution < 1.29 is 14.3 Å². The van der Waals surface area contributed by atoms with Gasteiger partial charge in [0.1, 0.15) is 17.4 Å². The highest BCUT2D eigenvalue weighted by molar-refractivity contribution is 6.43. The van der Waals surface area contributed by atoms with E-state index in [9.17, 15) is 14.3 Å². The Morgan fingerprint density at radius 3 is 2.35 bits per heavy atom. The van der Waals surface area contributed by atoms with E-state index in [-0.39, 0.29) is 23.9 Å². The number of halogens is 1. The highest BCUT2D eigenvalue weighted by Crippen LogP contribution is 2.14. The van der Waals surface area contributed by atoms with Crippen LogP contribution in [0.5, 0.6) is 5.75 Å². The molecule has 0 aliphatic carbocycles. The highest BCUT2D eigenvalue weighted by atomic mass is 19.1. The largest absolute Gasteiger partial charge is 0.508 e. The summed E-state index contributed by atoms with van der Waals surface area (Å²) in [7, 11) is 1.55. The Hall–Kier alpha value is -3.28. The number of aliphatic imine (C=N–C) groups is 2. The maximum atomic E-state index is 13.0. The molecule has 0 unspecified atom stereocenters. The molecule has 134 valence electrons. The number of amides is 1. The smallest absolute Gasteiger partial charge is 0.229 e. The summed E-state index contributed by atoms with van der Waals surface area (Å²) in [5.74, 6) is -0.109. The third-order valence-electron chi connectivity index (χ3n) is 3.61. The van der Waals surface area contributed by atoms with Gasteiger partial charge in [-0.3, -0.25) is 9.79 Å². The van der Waals surface area contributed by atoms with Gasteiger partial charge in [0, 0.05) is 7.05 Å². The van der Waals surface area contributed by atoms with Crippen molar-refractivity contribution in [3.8, 4) is 5.75 Å². The Kier molecular flexibility index (Phi) is 6.38. The van der Waals surface area contributed by atoms with Crippen molar-refractivity contribution in [1.82, 2.24) is 5.32 Å². The topological polar surface area (TPSA) is 74.0 Å². The lowest BCUT2D eigenvalue weighted by Gasteiger charge is -2.09. The van der Waals surface area contributed by atoms with Gasteiger partial charge in [-0.2, -0.15) is 0 Å². The lowest BCUT2D eigenvalue weighted by atomic mass is 10.1. The fourth-order valence-electron chi connectivity index (χ4n) is 2.25.